The lowest BCUT2D eigenvalue weighted by atomic mass is 9.99. The molecule has 1 unspecified atom stereocenters. The van der Waals surface area contributed by atoms with Gasteiger partial charge in [-0.3, -0.25) is 19.1 Å². The number of aromatic nitrogens is 1. The number of piperazine rings is 1. The quantitative estimate of drug-likeness (QED) is 0.287. The van der Waals surface area contributed by atoms with Gasteiger partial charge in [-0.2, -0.15) is 5.26 Å². The highest BCUT2D eigenvalue weighted by Crippen LogP contribution is 2.37. The number of unbranched alkanes of at least 4 members (excludes halogenated alkanes) is 1. The minimum Gasteiger partial charge on any atom is -0.355 e. The predicted molar refractivity (Wildman–Crippen MR) is 158 cm³/mol. The second-order valence-corrected chi connectivity index (χ2v) is 11.6. The summed E-state index contributed by atoms with van der Waals surface area (Å²) in [6.45, 7) is 15.9. The summed E-state index contributed by atoms with van der Waals surface area (Å²) in [6, 6.07) is 2.14. The Kier molecular flexibility index (Phi) is 10.8. The first-order chi connectivity index (χ1) is 17.8. The third kappa shape index (κ3) is 6.47. The van der Waals surface area contributed by atoms with Crippen molar-refractivity contribution in [1.82, 2.24) is 14.4 Å². The average Bonchev–Trinajstić information content (AvgIpc) is 3.16. The third-order valence-corrected chi connectivity index (χ3v) is 8.92. The van der Waals surface area contributed by atoms with E-state index in [1.165, 1.54) is 11.8 Å². The van der Waals surface area contributed by atoms with E-state index in [4.69, 9.17) is 12.2 Å². The smallest absolute Gasteiger partial charge is 0.270 e. The Morgan fingerprint density at radius 2 is 1.81 bits per heavy atom. The summed E-state index contributed by atoms with van der Waals surface area (Å²) in [5.41, 5.74) is 1.32. The molecule has 7 nitrogen and oxygen atoms in total. The van der Waals surface area contributed by atoms with Crippen LogP contribution in [0.1, 0.15) is 76.5 Å². The Morgan fingerprint density at radius 3 is 2.38 bits per heavy atom. The fourth-order valence-electron chi connectivity index (χ4n) is 5.16. The summed E-state index contributed by atoms with van der Waals surface area (Å²) in [5.74, 6) is 1.17. The molecule has 37 heavy (non-hydrogen) atoms. The number of thioether (sulfide) groups is 1. The molecule has 1 aromatic rings. The highest BCUT2D eigenvalue weighted by Gasteiger charge is 2.34. The second kappa shape index (κ2) is 13.6. The molecule has 0 radical (unpaired) electrons. The summed E-state index contributed by atoms with van der Waals surface area (Å²) in [7, 11) is 0. The highest BCUT2D eigenvalue weighted by molar-refractivity contribution is 8.26. The van der Waals surface area contributed by atoms with Gasteiger partial charge in [-0.1, -0.05) is 70.9 Å². The molecule has 2 fully saturated rings. The summed E-state index contributed by atoms with van der Waals surface area (Å²) in [5, 5.41) is 9.87. The summed E-state index contributed by atoms with van der Waals surface area (Å²) in [6.07, 6.45) is 7.04. The summed E-state index contributed by atoms with van der Waals surface area (Å²) in [4.78, 5) is 33.9. The molecule has 2 saturated heterocycles. The van der Waals surface area contributed by atoms with Crippen molar-refractivity contribution in [1.29, 1.82) is 5.26 Å². The van der Waals surface area contributed by atoms with Crippen LogP contribution in [0.5, 0.6) is 0 Å². The number of rotatable bonds is 11. The third-order valence-electron chi connectivity index (χ3n) is 7.55. The largest absolute Gasteiger partial charge is 0.355 e. The minimum atomic E-state index is -0.249. The SMILES string of the molecule is CCCCC(CC)CN1C(=O)/C(=C\c2c(C)c(C#N)c(=O)n(CCC)c2N2CCN(CC)CC2)SC1=S. The van der Waals surface area contributed by atoms with Gasteiger partial charge in [0.25, 0.3) is 11.5 Å². The van der Waals surface area contributed by atoms with Crippen LogP contribution in [0.4, 0.5) is 5.82 Å². The summed E-state index contributed by atoms with van der Waals surface area (Å²) >= 11 is 6.98. The normalized spacial score (nSPS) is 18.6. The van der Waals surface area contributed by atoms with Crippen LogP contribution in [0.25, 0.3) is 6.08 Å². The molecule has 1 aromatic heterocycles. The first kappa shape index (κ1) is 29.4. The van der Waals surface area contributed by atoms with Crippen molar-refractivity contribution in [2.45, 2.75) is 73.3 Å². The number of pyridine rings is 1. The zero-order valence-corrected chi connectivity index (χ0v) is 24.6. The van der Waals surface area contributed by atoms with Crippen molar-refractivity contribution >= 4 is 46.1 Å². The second-order valence-electron chi connectivity index (χ2n) is 9.94. The van der Waals surface area contributed by atoms with Gasteiger partial charge in [-0.05, 0) is 43.9 Å². The van der Waals surface area contributed by atoms with Gasteiger partial charge in [0.1, 0.15) is 21.8 Å². The molecule has 0 bridgehead atoms. The molecule has 202 valence electrons. The number of carbonyl (C=O) groups excluding carboxylic acids is 1. The van der Waals surface area contributed by atoms with Crippen molar-refractivity contribution in [3.05, 3.63) is 31.9 Å². The van der Waals surface area contributed by atoms with Crippen molar-refractivity contribution in [2.24, 2.45) is 5.92 Å². The molecule has 1 atom stereocenters. The zero-order chi connectivity index (χ0) is 27.1. The molecule has 2 aliphatic rings. The number of hydrogen-bond donors (Lipinski definition) is 0. The van der Waals surface area contributed by atoms with E-state index < -0.39 is 0 Å². The molecule has 0 N–H and O–H groups in total. The van der Waals surface area contributed by atoms with Crippen LogP contribution in [-0.2, 0) is 11.3 Å². The van der Waals surface area contributed by atoms with Gasteiger partial charge < -0.3 is 9.80 Å². The van der Waals surface area contributed by atoms with Crippen LogP contribution in [0.15, 0.2) is 9.70 Å². The van der Waals surface area contributed by atoms with Crippen LogP contribution >= 0.6 is 24.0 Å². The van der Waals surface area contributed by atoms with Crippen molar-refractivity contribution < 1.29 is 4.79 Å². The van der Waals surface area contributed by atoms with Gasteiger partial charge in [-0.25, -0.2) is 0 Å². The molecule has 0 aliphatic carbocycles. The molecule has 0 saturated carbocycles. The highest BCUT2D eigenvalue weighted by atomic mass is 32.2. The Hall–Kier alpha value is -2.15. The van der Waals surface area contributed by atoms with Gasteiger partial charge >= 0.3 is 0 Å². The maximum atomic E-state index is 13.6. The number of carbonyl (C=O) groups is 1. The van der Waals surface area contributed by atoms with Crippen LogP contribution in [0, 0.1) is 24.2 Å². The van der Waals surface area contributed by atoms with Crippen LogP contribution < -0.4 is 10.5 Å². The van der Waals surface area contributed by atoms with Crippen LogP contribution in [0.2, 0.25) is 0 Å². The van der Waals surface area contributed by atoms with E-state index in [1.54, 1.807) is 9.47 Å². The van der Waals surface area contributed by atoms with Gasteiger partial charge in [0, 0.05) is 44.8 Å². The Bertz CT molecular complexity index is 1130. The number of likely N-dealkylation sites (N-methyl/N-ethyl adjacent to an activating group) is 1. The average molecular weight is 544 g/mol. The first-order valence-electron chi connectivity index (χ1n) is 13.7. The monoisotopic (exact) mass is 543 g/mol. The lowest BCUT2D eigenvalue weighted by Gasteiger charge is -2.37. The number of nitriles is 1. The molecule has 3 heterocycles. The van der Waals surface area contributed by atoms with Crippen molar-refractivity contribution in [2.75, 3.05) is 44.2 Å². The first-order valence-corrected chi connectivity index (χ1v) is 14.9. The Labute approximate surface area is 231 Å². The molecule has 3 rings (SSSR count). The van der Waals surface area contributed by atoms with Gasteiger partial charge in [-0.15, -0.1) is 0 Å². The summed E-state index contributed by atoms with van der Waals surface area (Å²) < 4.78 is 2.33. The standard InChI is InChI=1S/C28H41N5O2S2/c1-6-10-11-21(8-3)19-33-27(35)24(37-28(33)36)17-22-20(5)23(18-29)26(34)32(12-7-2)25(22)31-15-13-30(9-4)14-16-31/h17,21H,6-16,19H2,1-5H3/b24-17+. The fraction of sp³-hybridized carbons (Fsp3) is 0.643. The Morgan fingerprint density at radius 1 is 1.11 bits per heavy atom. The number of hydrogen-bond acceptors (Lipinski definition) is 7. The van der Waals surface area contributed by atoms with E-state index in [-0.39, 0.29) is 17.0 Å². The Balaban J connectivity index is 2.07. The minimum absolute atomic E-state index is 0.0714. The fourth-order valence-corrected chi connectivity index (χ4v) is 6.41. The predicted octanol–water partition coefficient (Wildman–Crippen LogP) is 5.00. The van der Waals surface area contributed by atoms with Crippen LogP contribution in [-0.4, -0.2) is 63.9 Å². The van der Waals surface area contributed by atoms with E-state index >= 15 is 0 Å². The molecular weight excluding hydrogens is 502 g/mol. The molecule has 0 spiro atoms. The molecule has 9 heteroatoms. The number of nitrogens with zero attached hydrogens (tertiary/aromatic N) is 5. The number of anilines is 1. The van der Waals surface area contributed by atoms with Crippen LogP contribution in [0.3, 0.4) is 0 Å². The zero-order valence-electron chi connectivity index (χ0n) is 23.0. The number of amides is 1. The van der Waals surface area contributed by atoms with E-state index in [1.807, 2.05) is 19.9 Å². The molecule has 0 aromatic carbocycles. The topological polar surface area (TPSA) is 72.6 Å². The van der Waals surface area contributed by atoms with Gasteiger partial charge in [0.15, 0.2) is 0 Å². The van der Waals surface area contributed by atoms with E-state index in [0.29, 0.717) is 33.8 Å². The van der Waals surface area contributed by atoms with E-state index in [2.05, 4.69) is 36.6 Å². The van der Waals surface area contributed by atoms with Gasteiger partial charge in [0.2, 0.25) is 0 Å². The molecular formula is C28H41N5O2S2. The lowest BCUT2D eigenvalue weighted by molar-refractivity contribution is -0.122. The number of thiocarbonyl (C=S) groups is 1. The van der Waals surface area contributed by atoms with E-state index in [0.717, 1.165) is 76.2 Å². The maximum absolute atomic E-state index is 13.6. The van der Waals surface area contributed by atoms with E-state index in [9.17, 15) is 14.9 Å². The lowest BCUT2D eigenvalue weighted by Crippen LogP contribution is -2.48. The molecule has 2 aliphatic heterocycles. The maximum Gasteiger partial charge on any atom is 0.270 e. The van der Waals surface area contributed by atoms with Crippen molar-refractivity contribution in [3.63, 3.8) is 0 Å². The van der Waals surface area contributed by atoms with Crippen molar-refractivity contribution in [3.8, 4) is 6.07 Å². The van der Waals surface area contributed by atoms with Gasteiger partial charge in [0.05, 0.1) is 4.91 Å². The molecule has 1 amide bonds.